The molecular weight excluding hydrogens is 166 g/mol. The van der Waals surface area contributed by atoms with Crippen LogP contribution in [0.4, 0.5) is 0 Å². The Morgan fingerprint density at radius 3 is 1.22 bits per heavy atom. The second-order valence-corrected chi connectivity index (χ2v) is 1.07. The molecule has 5 nitrogen and oxygen atoms in total. The van der Waals surface area contributed by atoms with Gasteiger partial charge in [-0.25, -0.2) is 0 Å². The summed E-state index contributed by atoms with van der Waals surface area (Å²) in [6.07, 6.45) is 0.750. The first-order chi connectivity index (χ1) is 2.27. The zero-order valence-electron chi connectivity index (χ0n) is 5.07. The molecule has 0 radical (unpaired) electrons. The Kier molecular flexibility index (Phi) is 101. The van der Waals surface area contributed by atoms with E-state index in [1.165, 1.54) is 4.90 Å². The van der Waals surface area contributed by atoms with Gasteiger partial charge in [-0.15, -0.1) is 0 Å². The SMILES string of the molecule is CN(C)C=O.[Cr+6].[O-2].[O-2].[O-2]. The Balaban J connectivity index is -0.0000000133. The molecule has 0 bridgehead atoms. The molecule has 0 aliphatic heterocycles. The van der Waals surface area contributed by atoms with E-state index in [1.54, 1.807) is 14.1 Å². The first-order valence-electron chi connectivity index (χ1n) is 1.39. The predicted molar refractivity (Wildman–Crippen MR) is 21.8 cm³/mol. The van der Waals surface area contributed by atoms with Gasteiger partial charge in [0.2, 0.25) is 6.41 Å². The van der Waals surface area contributed by atoms with E-state index in [-0.39, 0.29) is 33.8 Å². The van der Waals surface area contributed by atoms with Crippen molar-refractivity contribution in [2.24, 2.45) is 0 Å². The number of hydrogen-bond donors (Lipinski definition) is 0. The summed E-state index contributed by atoms with van der Waals surface area (Å²) in [5, 5.41) is 0. The van der Waals surface area contributed by atoms with Crippen molar-refractivity contribution in [3.05, 3.63) is 0 Å². The summed E-state index contributed by atoms with van der Waals surface area (Å²) in [4.78, 5) is 10.9. The standard InChI is InChI=1S/C3H7NO.Cr.3O/c1-4(2)3-5;;;;/h3H,1-2H3;;;;/q;+6;3*-2. The largest absolute Gasteiger partial charge is 6.00 e. The molecule has 0 N–H and O–H groups in total. The van der Waals surface area contributed by atoms with Crippen LogP contribution in [0.15, 0.2) is 0 Å². The first-order valence-corrected chi connectivity index (χ1v) is 1.39. The second-order valence-electron chi connectivity index (χ2n) is 1.07. The normalized spacial score (nSPS) is 3.78. The minimum atomic E-state index is 0. The molecule has 0 heterocycles. The first kappa shape index (κ1) is 36.6. The Labute approximate surface area is 64.7 Å². The summed E-state index contributed by atoms with van der Waals surface area (Å²) in [6.45, 7) is 0. The van der Waals surface area contributed by atoms with Crippen molar-refractivity contribution in [2.75, 3.05) is 14.1 Å². The molecule has 0 aromatic carbocycles. The Hall–Kier alpha value is -0.118. The van der Waals surface area contributed by atoms with E-state index in [9.17, 15) is 4.79 Å². The maximum Gasteiger partial charge on any atom is 6.00 e. The molecule has 54 valence electrons. The summed E-state index contributed by atoms with van der Waals surface area (Å²) in [5.41, 5.74) is 0. The molecular formula is C3H7CrNO4. The third-order valence-electron chi connectivity index (χ3n) is 0.211. The molecule has 0 saturated heterocycles. The molecule has 0 fully saturated rings. The molecule has 0 atom stereocenters. The van der Waals surface area contributed by atoms with Gasteiger partial charge in [-0.2, -0.15) is 0 Å². The van der Waals surface area contributed by atoms with Gasteiger partial charge in [0.25, 0.3) is 0 Å². The van der Waals surface area contributed by atoms with Crippen molar-refractivity contribution in [3.8, 4) is 0 Å². The van der Waals surface area contributed by atoms with Crippen LogP contribution in [0.2, 0.25) is 0 Å². The zero-order valence-corrected chi connectivity index (χ0v) is 6.34. The van der Waals surface area contributed by atoms with Gasteiger partial charge in [-0.3, -0.25) is 4.79 Å². The summed E-state index contributed by atoms with van der Waals surface area (Å²) in [7, 11) is 3.38. The molecule has 0 aromatic heterocycles. The average Bonchev–Trinajstić information content (AvgIpc) is 1.38. The van der Waals surface area contributed by atoms with Gasteiger partial charge >= 0.3 is 17.4 Å². The fourth-order valence-corrected chi connectivity index (χ4v) is 0. The van der Waals surface area contributed by atoms with Crippen molar-refractivity contribution in [3.63, 3.8) is 0 Å². The van der Waals surface area contributed by atoms with Crippen molar-refractivity contribution in [2.45, 2.75) is 0 Å². The second kappa shape index (κ2) is 24.8. The summed E-state index contributed by atoms with van der Waals surface area (Å²) in [6, 6.07) is 0. The van der Waals surface area contributed by atoms with Crippen LogP contribution in [-0.4, -0.2) is 25.4 Å². The van der Waals surface area contributed by atoms with E-state index in [1.807, 2.05) is 0 Å². The third-order valence-corrected chi connectivity index (χ3v) is 0.211. The summed E-state index contributed by atoms with van der Waals surface area (Å²) >= 11 is 0. The number of rotatable bonds is 1. The van der Waals surface area contributed by atoms with Crippen LogP contribution in [0.25, 0.3) is 0 Å². The van der Waals surface area contributed by atoms with Crippen LogP contribution in [-0.2, 0) is 38.6 Å². The summed E-state index contributed by atoms with van der Waals surface area (Å²) < 4.78 is 0. The smallest absolute Gasteiger partial charge is 2.00 e. The number of carbonyl (C=O) groups is 1. The van der Waals surface area contributed by atoms with E-state index >= 15 is 0 Å². The quantitative estimate of drug-likeness (QED) is 0.482. The zero-order chi connectivity index (χ0) is 4.28. The number of nitrogens with zero attached hydrogens (tertiary/aromatic N) is 1. The Morgan fingerprint density at radius 1 is 1.11 bits per heavy atom. The predicted octanol–water partition coefficient (Wildman–Crippen LogP) is -0.655. The van der Waals surface area contributed by atoms with Crippen LogP contribution in [0, 0.1) is 0 Å². The molecule has 0 aromatic rings. The van der Waals surface area contributed by atoms with Crippen molar-refractivity contribution in [1.82, 2.24) is 4.90 Å². The van der Waals surface area contributed by atoms with Crippen molar-refractivity contribution in [1.29, 1.82) is 0 Å². The third kappa shape index (κ3) is 77.0. The van der Waals surface area contributed by atoms with Crippen LogP contribution in [0.5, 0.6) is 0 Å². The molecule has 0 spiro atoms. The molecule has 0 unspecified atom stereocenters. The van der Waals surface area contributed by atoms with Gasteiger partial charge in [0.1, 0.15) is 0 Å². The topological polar surface area (TPSA) is 106 Å². The maximum absolute atomic E-state index is 9.43. The van der Waals surface area contributed by atoms with Gasteiger partial charge in [-0.1, -0.05) is 0 Å². The summed E-state index contributed by atoms with van der Waals surface area (Å²) in [5.74, 6) is 0. The van der Waals surface area contributed by atoms with E-state index in [0.29, 0.717) is 0 Å². The van der Waals surface area contributed by atoms with E-state index < -0.39 is 0 Å². The molecule has 0 rings (SSSR count). The number of hydrogen-bond acceptors (Lipinski definition) is 1. The Morgan fingerprint density at radius 2 is 1.22 bits per heavy atom. The van der Waals surface area contributed by atoms with Crippen LogP contribution >= 0.6 is 0 Å². The number of carbonyl (C=O) groups excluding carboxylic acids is 1. The average molecular weight is 173 g/mol. The molecule has 0 aliphatic carbocycles. The molecule has 9 heavy (non-hydrogen) atoms. The van der Waals surface area contributed by atoms with Crippen molar-refractivity contribution >= 4 is 6.41 Å². The van der Waals surface area contributed by atoms with E-state index in [2.05, 4.69) is 0 Å². The van der Waals surface area contributed by atoms with Crippen LogP contribution in [0.3, 0.4) is 0 Å². The van der Waals surface area contributed by atoms with Gasteiger partial charge in [-0.05, 0) is 0 Å². The van der Waals surface area contributed by atoms with Crippen molar-refractivity contribution < 1.29 is 38.6 Å². The molecule has 0 saturated carbocycles. The monoisotopic (exact) mass is 173 g/mol. The van der Waals surface area contributed by atoms with Crippen LogP contribution in [0.1, 0.15) is 0 Å². The fraction of sp³-hybridized carbons (Fsp3) is 0.667. The van der Waals surface area contributed by atoms with Gasteiger partial charge in [0, 0.05) is 14.1 Å². The fourth-order valence-electron chi connectivity index (χ4n) is 0. The van der Waals surface area contributed by atoms with Crippen LogP contribution < -0.4 is 0 Å². The van der Waals surface area contributed by atoms with E-state index in [4.69, 9.17) is 0 Å². The Bertz CT molecular complexity index is 42.8. The van der Waals surface area contributed by atoms with Gasteiger partial charge < -0.3 is 21.3 Å². The minimum absolute atomic E-state index is 0. The maximum atomic E-state index is 9.43. The minimum Gasteiger partial charge on any atom is -2.00 e. The van der Waals surface area contributed by atoms with Gasteiger partial charge in [0.15, 0.2) is 0 Å². The van der Waals surface area contributed by atoms with E-state index in [0.717, 1.165) is 6.41 Å². The molecule has 0 aliphatic rings. The van der Waals surface area contributed by atoms with Gasteiger partial charge in [0.05, 0.1) is 0 Å². The molecule has 1 amide bonds. The number of amides is 1. The molecule has 6 heteroatoms.